The number of carbonyl (C=O) groups excluding carboxylic acids is 1. The van der Waals surface area contributed by atoms with E-state index in [1.165, 1.54) is 38.0 Å². The van der Waals surface area contributed by atoms with Crippen LogP contribution < -0.4 is 14.5 Å². The van der Waals surface area contributed by atoms with Crippen molar-refractivity contribution in [3.63, 3.8) is 0 Å². The summed E-state index contributed by atoms with van der Waals surface area (Å²) >= 11 is 0. The van der Waals surface area contributed by atoms with Gasteiger partial charge in [-0.2, -0.15) is 4.98 Å². The molecule has 33 heavy (non-hydrogen) atoms. The molecule has 11 nitrogen and oxygen atoms in total. The first kappa shape index (κ1) is 21.9. The second kappa shape index (κ2) is 9.42. The first-order valence-corrected chi connectivity index (χ1v) is 9.93. The van der Waals surface area contributed by atoms with Crippen molar-refractivity contribution < 1.29 is 23.6 Å². The number of benzene rings is 1. The lowest BCUT2D eigenvalue weighted by Crippen LogP contribution is -2.47. The highest BCUT2D eigenvalue weighted by molar-refractivity contribution is 5.89. The molecule has 2 aromatic heterocycles. The number of ether oxygens (including phenoxy) is 2. The molecule has 1 aliphatic rings. The summed E-state index contributed by atoms with van der Waals surface area (Å²) in [6.45, 7) is 1.66. The van der Waals surface area contributed by atoms with Gasteiger partial charge in [0.1, 0.15) is 17.9 Å². The molecule has 0 amide bonds. The largest absolute Gasteiger partial charge is 0.465 e. The molecule has 0 saturated carbocycles. The number of para-hydroxylation sites is 1. The number of carbonyl (C=O) groups is 1. The Morgan fingerprint density at radius 1 is 1.12 bits per heavy atom. The zero-order valence-corrected chi connectivity index (χ0v) is 17.5. The molecule has 1 fully saturated rings. The number of anilines is 2. The molecule has 1 saturated heterocycles. The third-order valence-corrected chi connectivity index (χ3v) is 5.07. The Morgan fingerprint density at radius 2 is 1.85 bits per heavy atom. The number of methoxy groups -OCH3 is 1. The van der Waals surface area contributed by atoms with E-state index in [0.29, 0.717) is 31.9 Å². The first-order chi connectivity index (χ1) is 16.0. The van der Waals surface area contributed by atoms with Gasteiger partial charge in [-0.15, -0.1) is 0 Å². The molecule has 0 bridgehead atoms. The number of halogens is 1. The Morgan fingerprint density at radius 3 is 2.55 bits per heavy atom. The van der Waals surface area contributed by atoms with Crippen LogP contribution in [0.25, 0.3) is 0 Å². The highest BCUT2D eigenvalue weighted by Gasteiger charge is 2.31. The summed E-state index contributed by atoms with van der Waals surface area (Å²) in [5, 5.41) is 11.9. The van der Waals surface area contributed by atoms with E-state index >= 15 is 0 Å². The molecule has 3 heterocycles. The van der Waals surface area contributed by atoms with E-state index in [1.807, 2.05) is 4.90 Å². The van der Waals surface area contributed by atoms with Crippen LogP contribution in [0.2, 0.25) is 0 Å². The van der Waals surface area contributed by atoms with Crippen LogP contribution in [0, 0.1) is 15.9 Å². The summed E-state index contributed by atoms with van der Waals surface area (Å²) in [7, 11) is 1.23. The van der Waals surface area contributed by atoms with Crippen LogP contribution in [0.3, 0.4) is 0 Å². The van der Waals surface area contributed by atoms with Gasteiger partial charge >= 0.3 is 17.5 Å². The smallest absolute Gasteiger partial charge is 0.373 e. The van der Waals surface area contributed by atoms with Crippen molar-refractivity contribution in [2.45, 2.75) is 0 Å². The average Bonchev–Trinajstić information content (AvgIpc) is 2.84. The molecular weight excluding hydrogens is 435 g/mol. The highest BCUT2D eigenvalue weighted by atomic mass is 19.1. The van der Waals surface area contributed by atoms with Gasteiger partial charge in [0, 0.05) is 32.4 Å². The Bertz CT molecular complexity index is 1190. The van der Waals surface area contributed by atoms with Gasteiger partial charge in [-0.1, -0.05) is 12.1 Å². The molecule has 1 aromatic carbocycles. The highest BCUT2D eigenvalue weighted by Crippen LogP contribution is 2.36. The predicted molar refractivity (Wildman–Crippen MR) is 115 cm³/mol. The predicted octanol–water partition coefficient (Wildman–Crippen LogP) is 2.82. The van der Waals surface area contributed by atoms with Crippen LogP contribution in [-0.2, 0) is 4.74 Å². The molecule has 1 aliphatic heterocycles. The Kier molecular flexibility index (Phi) is 6.24. The maximum Gasteiger partial charge on any atom is 0.373 e. The van der Waals surface area contributed by atoms with E-state index in [2.05, 4.69) is 19.7 Å². The van der Waals surface area contributed by atoms with Crippen LogP contribution in [0.5, 0.6) is 11.6 Å². The summed E-state index contributed by atoms with van der Waals surface area (Å²) in [5.74, 6) is -1.06. The zero-order chi connectivity index (χ0) is 23.4. The van der Waals surface area contributed by atoms with E-state index in [0.717, 1.165) is 0 Å². The lowest BCUT2D eigenvalue weighted by molar-refractivity contribution is -0.385. The quantitative estimate of drug-likeness (QED) is 0.312. The first-order valence-electron chi connectivity index (χ1n) is 9.93. The molecule has 3 aromatic rings. The third-order valence-electron chi connectivity index (χ3n) is 5.07. The van der Waals surface area contributed by atoms with Crippen molar-refractivity contribution in [3.05, 3.63) is 70.5 Å². The van der Waals surface area contributed by atoms with Crippen molar-refractivity contribution in [1.29, 1.82) is 0 Å². The van der Waals surface area contributed by atoms with Crippen molar-refractivity contribution in [1.82, 2.24) is 15.0 Å². The van der Waals surface area contributed by atoms with Gasteiger partial charge in [0.05, 0.1) is 29.5 Å². The molecular formula is C21H19FN6O5. The molecule has 0 radical (unpaired) electrons. The number of nitro groups is 1. The summed E-state index contributed by atoms with van der Waals surface area (Å²) in [6.07, 6.45) is 3.75. The molecule has 170 valence electrons. The molecule has 12 heteroatoms. The molecule has 0 N–H and O–H groups in total. The van der Waals surface area contributed by atoms with Crippen molar-refractivity contribution >= 4 is 23.2 Å². The van der Waals surface area contributed by atoms with Crippen LogP contribution in [-0.4, -0.2) is 59.1 Å². The maximum atomic E-state index is 14.1. The van der Waals surface area contributed by atoms with Crippen LogP contribution in [0.1, 0.15) is 10.4 Å². The number of hydrogen-bond donors (Lipinski definition) is 0. The molecule has 4 rings (SSSR count). The van der Waals surface area contributed by atoms with Crippen molar-refractivity contribution in [2.75, 3.05) is 43.1 Å². The van der Waals surface area contributed by atoms with Crippen molar-refractivity contribution in [3.8, 4) is 11.6 Å². The monoisotopic (exact) mass is 454 g/mol. The lowest BCUT2D eigenvalue weighted by atomic mass is 10.2. The number of piperazine rings is 1. The average molecular weight is 454 g/mol. The number of esters is 1. The SMILES string of the molecule is COC(=O)c1cncc(Oc2ncnc(N3CCN(c4ccccc4F)CC3)c2[N+](=O)[O-])c1. The Balaban J connectivity index is 1.57. The summed E-state index contributed by atoms with van der Waals surface area (Å²) in [5.41, 5.74) is 0.188. The van der Waals surface area contributed by atoms with E-state index in [4.69, 9.17) is 4.74 Å². The van der Waals surface area contributed by atoms with Gasteiger partial charge in [-0.25, -0.2) is 14.2 Å². The number of rotatable bonds is 6. The summed E-state index contributed by atoms with van der Waals surface area (Å²) in [6, 6.07) is 7.81. The minimum atomic E-state index is -0.626. The summed E-state index contributed by atoms with van der Waals surface area (Å²) in [4.78, 5) is 38.5. The van der Waals surface area contributed by atoms with Gasteiger partial charge in [0.15, 0.2) is 0 Å². The fourth-order valence-electron chi connectivity index (χ4n) is 3.50. The molecule has 0 spiro atoms. The second-order valence-electron chi connectivity index (χ2n) is 7.04. The zero-order valence-electron chi connectivity index (χ0n) is 17.5. The number of nitrogens with zero attached hydrogens (tertiary/aromatic N) is 6. The minimum Gasteiger partial charge on any atom is -0.465 e. The van der Waals surface area contributed by atoms with Gasteiger partial charge in [0.25, 0.3) is 0 Å². The van der Waals surface area contributed by atoms with E-state index < -0.39 is 16.6 Å². The topological polar surface area (TPSA) is 124 Å². The van der Waals surface area contributed by atoms with Gasteiger partial charge in [0.2, 0.25) is 5.82 Å². The maximum absolute atomic E-state index is 14.1. The number of aromatic nitrogens is 3. The van der Waals surface area contributed by atoms with Gasteiger partial charge < -0.3 is 19.3 Å². The van der Waals surface area contributed by atoms with E-state index in [-0.39, 0.29) is 28.8 Å². The van der Waals surface area contributed by atoms with Crippen LogP contribution in [0.4, 0.5) is 21.6 Å². The third kappa shape index (κ3) is 4.63. The van der Waals surface area contributed by atoms with Crippen LogP contribution >= 0.6 is 0 Å². The lowest BCUT2D eigenvalue weighted by Gasteiger charge is -2.36. The molecule has 0 atom stereocenters. The summed E-state index contributed by atoms with van der Waals surface area (Å²) < 4.78 is 24.4. The van der Waals surface area contributed by atoms with Gasteiger partial charge in [-0.05, 0) is 18.2 Å². The Hall–Kier alpha value is -4.35. The van der Waals surface area contributed by atoms with E-state index in [1.54, 1.807) is 23.1 Å². The van der Waals surface area contributed by atoms with Crippen LogP contribution in [0.15, 0.2) is 49.1 Å². The number of hydrogen-bond acceptors (Lipinski definition) is 10. The second-order valence-corrected chi connectivity index (χ2v) is 7.04. The fourth-order valence-corrected chi connectivity index (χ4v) is 3.50. The van der Waals surface area contributed by atoms with Crippen molar-refractivity contribution in [2.24, 2.45) is 0 Å². The Labute approximate surface area is 187 Å². The molecule has 0 aliphatic carbocycles. The standard InChI is InChI=1S/C21H19FN6O5/c1-32-21(29)14-10-15(12-23-11-14)33-20-18(28(30)31)19(24-13-25-20)27-8-6-26(7-9-27)17-5-3-2-4-16(17)22/h2-5,10-13H,6-9H2,1H3. The van der Waals surface area contributed by atoms with Gasteiger partial charge in [-0.3, -0.25) is 15.1 Å². The van der Waals surface area contributed by atoms with E-state index in [9.17, 15) is 19.3 Å². The normalized spacial score (nSPS) is 13.5. The minimum absolute atomic E-state index is 0.0787. The molecule has 0 unspecified atom stereocenters. The number of pyridine rings is 1. The fraction of sp³-hybridized carbons (Fsp3) is 0.238.